The zero-order chi connectivity index (χ0) is 23.1. The van der Waals surface area contributed by atoms with E-state index in [1.54, 1.807) is 19.0 Å². The van der Waals surface area contributed by atoms with E-state index in [9.17, 15) is 14.4 Å². The van der Waals surface area contributed by atoms with Crippen molar-refractivity contribution < 1.29 is 24.2 Å². The summed E-state index contributed by atoms with van der Waals surface area (Å²) in [7, 11) is 3.40. The first-order chi connectivity index (χ1) is 15.4. The van der Waals surface area contributed by atoms with Gasteiger partial charge in [-0.05, 0) is 42.3 Å². The molecule has 0 bridgehead atoms. The number of carbonyl (C=O) groups excluding carboxylic acids is 2. The molecule has 0 unspecified atom stereocenters. The monoisotopic (exact) mass is 435 g/mol. The molecule has 8 heteroatoms. The lowest BCUT2D eigenvalue weighted by Gasteiger charge is -2.17. The first-order valence-corrected chi connectivity index (χ1v) is 10.1. The Labute approximate surface area is 186 Å². The first kappa shape index (κ1) is 22.8. The van der Waals surface area contributed by atoms with Gasteiger partial charge in [-0.2, -0.15) is 0 Å². The highest BCUT2D eigenvalue weighted by Gasteiger charge is 2.28. The number of benzene rings is 2. The van der Waals surface area contributed by atoms with Crippen LogP contribution in [0.4, 0.5) is 4.79 Å². The highest BCUT2D eigenvalue weighted by atomic mass is 16.5. The molecule has 0 fully saturated rings. The highest BCUT2D eigenvalue weighted by Crippen LogP contribution is 2.44. The van der Waals surface area contributed by atoms with Crippen molar-refractivity contribution in [2.45, 2.75) is 12.0 Å². The largest absolute Gasteiger partial charge is 0.480 e. The summed E-state index contributed by atoms with van der Waals surface area (Å²) in [5, 5.41) is 13.9. The molecule has 0 aliphatic heterocycles. The van der Waals surface area contributed by atoms with E-state index >= 15 is 0 Å². The fourth-order valence-electron chi connectivity index (χ4n) is 3.64. The molecular weight excluding hydrogens is 410 g/mol. The Morgan fingerprint density at radius 1 is 1.06 bits per heavy atom. The molecule has 2 amide bonds. The van der Waals surface area contributed by atoms with E-state index in [0.29, 0.717) is 0 Å². The van der Waals surface area contributed by atoms with Crippen LogP contribution >= 0.6 is 0 Å². The summed E-state index contributed by atoms with van der Waals surface area (Å²) in [4.78, 5) is 36.7. The Morgan fingerprint density at radius 3 is 2.22 bits per heavy atom. The lowest BCUT2D eigenvalue weighted by Crippen LogP contribution is -2.46. The van der Waals surface area contributed by atoms with Gasteiger partial charge >= 0.3 is 12.1 Å². The molecule has 8 nitrogen and oxygen atoms in total. The summed E-state index contributed by atoms with van der Waals surface area (Å²) in [6.07, 6.45) is -0.641. The van der Waals surface area contributed by atoms with Crippen LogP contribution in [0.5, 0.6) is 0 Å². The van der Waals surface area contributed by atoms with Gasteiger partial charge < -0.3 is 25.4 Å². The van der Waals surface area contributed by atoms with Gasteiger partial charge in [0.05, 0.1) is 6.54 Å². The van der Waals surface area contributed by atoms with Crippen molar-refractivity contribution in [3.63, 3.8) is 0 Å². The lowest BCUT2D eigenvalue weighted by atomic mass is 9.98. The second kappa shape index (κ2) is 10.5. The summed E-state index contributed by atoms with van der Waals surface area (Å²) in [5.74, 6) is 2.84. The molecule has 0 heterocycles. The molecule has 0 aromatic heterocycles. The van der Waals surface area contributed by atoms with Gasteiger partial charge in [0.25, 0.3) is 5.91 Å². The quantitative estimate of drug-likeness (QED) is 0.571. The average molecular weight is 435 g/mol. The minimum atomic E-state index is -1.15. The normalized spacial score (nSPS) is 12.7. The van der Waals surface area contributed by atoms with Crippen LogP contribution in [0.15, 0.2) is 48.5 Å². The van der Waals surface area contributed by atoms with Crippen molar-refractivity contribution >= 4 is 18.0 Å². The van der Waals surface area contributed by atoms with Gasteiger partial charge in [-0.25, -0.2) is 9.59 Å². The number of rotatable bonds is 7. The van der Waals surface area contributed by atoms with Crippen LogP contribution in [0, 0.1) is 11.8 Å². The maximum Gasteiger partial charge on any atom is 0.407 e. The van der Waals surface area contributed by atoms with E-state index in [-0.39, 0.29) is 25.6 Å². The van der Waals surface area contributed by atoms with Crippen molar-refractivity contribution in [2.24, 2.45) is 0 Å². The van der Waals surface area contributed by atoms with E-state index in [0.717, 1.165) is 22.3 Å². The fraction of sp³-hybridized carbons (Fsp3) is 0.292. The van der Waals surface area contributed by atoms with Gasteiger partial charge in [-0.15, -0.1) is 0 Å². The molecule has 2 aromatic carbocycles. The molecule has 0 radical (unpaired) electrons. The molecule has 2 aromatic rings. The zero-order valence-corrected chi connectivity index (χ0v) is 17.9. The van der Waals surface area contributed by atoms with Crippen LogP contribution < -0.4 is 10.6 Å². The van der Waals surface area contributed by atoms with Gasteiger partial charge in [0, 0.05) is 12.5 Å². The Kier molecular flexibility index (Phi) is 7.47. The van der Waals surface area contributed by atoms with Crippen molar-refractivity contribution in [3.8, 4) is 23.0 Å². The van der Waals surface area contributed by atoms with E-state index in [1.165, 1.54) is 0 Å². The molecule has 0 saturated carbocycles. The van der Waals surface area contributed by atoms with Gasteiger partial charge in [-0.3, -0.25) is 4.79 Å². The molecule has 0 saturated heterocycles. The summed E-state index contributed by atoms with van der Waals surface area (Å²) < 4.78 is 5.38. The third-order valence-corrected chi connectivity index (χ3v) is 5.02. The van der Waals surface area contributed by atoms with E-state index in [1.807, 2.05) is 36.4 Å². The maximum atomic E-state index is 12.1. The van der Waals surface area contributed by atoms with Crippen molar-refractivity contribution in [1.29, 1.82) is 0 Å². The predicted octanol–water partition coefficient (Wildman–Crippen LogP) is 1.66. The van der Waals surface area contributed by atoms with E-state index < -0.39 is 24.0 Å². The van der Waals surface area contributed by atoms with Gasteiger partial charge in [0.15, 0.2) is 0 Å². The smallest absolute Gasteiger partial charge is 0.407 e. The number of carboxylic acid groups (broad SMARTS) is 1. The molecule has 1 aliphatic rings. The third-order valence-electron chi connectivity index (χ3n) is 5.02. The molecule has 32 heavy (non-hydrogen) atoms. The lowest BCUT2D eigenvalue weighted by molar-refractivity contribution is -0.141. The summed E-state index contributed by atoms with van der Waals surface area (Å²) >= 11 is 0. The molecule has 3 N–H and O–H groups in total. The highest BCUT2D eigenvalue weighted by molar-refractivity contribution is 5.96. The SMILES string of the molecule is CN(C)C[C@H](NC(=O)C#CCNC(=O)OCC1c2ccccc2-c2ccccc21)C(=O)O. The first-order valence-electron chi connectivity index (χ1n) is 10.1. The number of carbonyl (C=O) groups is 3. The van der Waals surface area contributed by atoms with Gasteiger partial charge in [0.1, 0.15) is 12.6 Å². The molecule has 166 valence electrons. The van der Waals surface area contributed by atoms with E-state index in [4.69, 9.17) is 9.84 Å². The number of nitrogens with one attached hydrogen (secondary N) is 2. The summed E-state index contributed by atoms with van der Waals surface area (Å²) in [5.41, 5.74) is 4.51. The third kappa shape index (κ3) is 5.65. The van der Waals surface area contributed by atoms with Crippen LogP contribution in [0.25, 0.3) is 11.1 Å². The van der Waals surface area contributed by atoms with Crippen molar-refractivity contribution in [3.05, 3.63) is 59.7 Å². The summed E-state index contributed by atoms with van der Waals surface area (Å²) in [6.45, 7) is 0.217. The second-order valence-electron chi connectivity index (χ2n) is 7.61. The number of carboxylic acids is 1. The molecule has 0 spiro atoms. The Hall–Kier alpha value is -3.83. The van der Waals surface area contributed by atoms with Gasteiger partial charge in [-0.1, -0.05) is 54.5 Å². The Morgan fingerprint density at radius 2 is 1.66 bits per heavy atom. The van der Waals surface area contributed by atoms with Gasteiger partial charge in [0.2, 0.25) is 0 Å². The standard InChI is InChI=1S/C24H25N3O5/c1-27(2)14-21(23(29)30)26-22(28)12-7-13-25-24(31)32-15-20-18-10-5-3-8-16(18)17-9-4-6-11-19(17)20/h3-6,8-11,20-21H,13-15H2,1-2H3,(H,25,31)(H,26,28)(H,29,30)/t21-/m0/s1. The number of aliphatic carboxylic acids is 1. The minimum Gasteiger partial charge on any atom is -0.480 e. The second-order valence-corrected chi connectivity index (χ2v) is 7.61. The number of nitrogens with zero attached hydrogens (tertiary/aromatic N) is 1. The number of amides is 2. The topological polar surface area (TPSA) is 108 Å². The summed E-state index contributed by atoms with van der Waals surface area (Å²) in [6, 6.07) is 15.0. The maximum absolute atomic E-state index is 12.1. The molecule has 3 rings (SSSR count). The average Bonchev–Trinajstić information content (AvgIpc) is 3.08. The number of hydrogen-bond acceptors (Lipinski definition) is 5. The molecule has 1 aliphatic carbocycles. The minimum absolute atomic E-state index is 0.0466. The van der Waals surface area contributed by atoms with E-state index in [2.05, 4.69) is 34.6 Å². The fourth-order valence-corrected chi connectivity index (χ4v) is 3.64. The van der Waals surface area contributed by atoms with Crippen LogP contribution in [0.2, 0.25) is 0 Å². The number of alkyl carbamates (subject to hydrolysis) is 1. The van der Waals surface area contributed by atoms with Crippen LogP contribution in [-0.2, 0) is 14.3 Å². The Bertz CT molecular complexity index is 1030. The van der Waals surface area contributed by atoms with Crippen molar-refractivity contribution in [2.75, 3.05) is 33.8 Å². The van der Waals surface area contributed by atoms with Crippen LogP contribution in [0.3, 0.4) is 0 Å². The zero-order valence-electron chi connectivity index (χ0n) is 17.9. The van der Waals surface area contributed by atoms with Crippen molar-refractivity contribution in [1.82, 2.24) is 15.5 Å². The number of hydrogen-bond donors (Lipinski definition) is 3. The predicted molar refractivity (Wildman–Crippen MR) is 119 cm³/mol. The number of likely N-dealkylation sites (N-methyl/N-ethyl adjacent to an activating group) is 1. The molecular formula is C24H25N3O5. The van der Waals surface area contributed by atoms with Crippen LogP contribution in [-0.4, -0.2) is 67.8 Å². The van der Waals surface area contributed by atoms with Crippen LogP contribution in [0.1, 0.15) is 17.0 Å². The molecule has 1 atom stereocenters. The number of ether oxygens (including phenoxy) is 1. The number of fused-ring (bicyclic) bond motifs is 3. The Balaban J connectivity index is 1.49.